The molecule has 1 aromatic rings. The van der Waals surface area contributed by atoms with Crippen molar-refractivity contribution in [3.63, 3.8) is 0 Å². The Morgan fingerprint density at radius 2 is 1.59 bits per heavy atom. The Balaban J connectivity index is 1.38. The van der Waals surface area contributed by atoms with Crippen molar-refractivity contribution in [2.45, 2.75) is 52.5 Å². The maximum atomic E-state index is 12.4. The summed E-state index contributed by atoms with van der Waals surface area (Å²) in [7, 11) is 0. The average molecular weight is 401 g/mol. The number of carbonyl (C=O) groups is 2. The lowest BCUT2D eigenvalue weighted by Gasteiger charge is -2.35. The lowest BCUT2D eigenvalue weighted by atomic mass is 9.86. The topological polar surface area (TPSA) is 64.7 Å². The summed E-state index contributed by atoms with van der Waals surface area (Å²) >= 11 is 0. The van der Waals surface area contributed by atoms with Gasteiger partial charge >= 0.3 is 0 Å². The standard InChI is InChI=1S/C23H36N4O2/c1-17-8-6-10-21(19(17)3)25-23(29)16-27-13-11-26(12-14-27)15-22(28)24-20-9-5-4-7-18(20)2/h6,8,10,18,20H,4-5,7,9,11-16H2,1-3H3,(H,24,28)(H,25,29)/t18-,20-/m1/s1. The van der Waals surface area contributed by atoms with Gasteiger partial charge < -0.3 is 10.6 Å². The van der Waals surface area contributed by atoms with E-state index in [0.29, 0.717) is 25.0 Å². The van der Waals surface area contributed by atoms with Crippen LogP contribution in [-0.4, -0.2) is 66.9 Å². The minimum absolute atomic E-state index is 0.0242. The van der Waals surface area contributed by atoms with E-state index < -0.39 is 0 Å². The van der Waals surface area contributed by atoms with E-state index >= 15 is 0 Å². The first-order valence-corrected chi connectivity index (χ1v) is 11.0. The molecule has 6 nitrogen and oxygen atoms in total. The van der Waals surface area contributed by atoms with Crippen LogP contribution >= 0.6 is 0 Å². The maximum Gasteiger partial charge on any atom is 0.238 e. The molecule has 0 aromatic heterocycles. The second-order valence-electron chi connectivity index (χ2n) is 8.78. The lowest BCUT2D eigenvalue weighted by molar-refractivity contribution is -0.124. The van der Waals surface area contributed by atoms with Crippen molar-refractivity contribution < 1.29 is 9.59 Å². The Labute approximate surface area is 175 Å². The number of benzene rings is 1. The summed E-state index contributed by atoms with van der Waals surface area (Å²) in [6, 6.07) is 6.31. The maximum absolute atomic E-state index is 12.4. The van der Waals surface area contributed by atoms with Gasteiger partial charge in [0.2, 0.25) is 11.8 Å². The fraction of sp³-hybridized carbons (Fsp3) is 0.652. The first kappa shape index (κ1) is 21.8. The number of carbonyl (C=O) groups excluding carboxylic acids is 2. The van der Waals surface area contributed by atoms with Gasteiger partial charge in [-0.1, -0.05) is 31.9 Å². The van der Waals surface area contributed by atoms with E-state index in [4.69, 9.17) is 0 Å². The van der Waals surface area contributed by atoms with Crippen LogP contribution in [0.15, 0.2) is 18.2 Å². The number of nitrogens with one attached hydrogen (secondary N) is 2. The molecular weight excluding hydrogens is 364 g/mol. The van der Waals surface area contributed by atoms with E-state index in [1.165, 1.54) is 24.8 Å². The molecule has 6 heteroatoms. The second-order valence-corrected chi connectivity index (χ2v) is 8.78. The highest BCUT2D eigenvalue weighted by molar-refractivity contribution is 5.93. The molecule has 1 aliphatic heterocycles. The van der Waals surface area contributed by atoms with E-state index in [2.05, 4.69) is 40.3 Å². The fourth-order valence-electron chi connectivity index (χ4n) is 4.37. The van der Waals surface area contributed by atoms with Crippen molar-refractivity contribution in [1.29, 1.82) is 0 Å². The Morgan fingerprint density at radius 3 is 2.24 bits per heavy atom. The molecule has 3 rings (SSSR count). The average Bonchev–Trinajstić information content (AvgIpc) is 2.69. The first-order valence-electron chi connectivity index (χ1n) is 11.0. The highest BCUT2D eigenvalue weighted by Crippen LogP contribution is 2.23. The second kappa shape index (κ2) is 10.2. The summed E-state index contributed by atoms with van der Waals surface area (Å²) in [6.07, 6.45) is 4.83. The molecule has 29 heavy (non-hydrogen) atoms. The molecule has 1 aromatic carbocycles. The van der Waals surface area contributed by atoms with E-state index in [1.54, 1.807) is 0 Å². The molecule has 1 saturated heterocycles. The molecule has 1 aliphatic carbocycles. The van der Waals surface area contributed by atoms with Crippen LogP contribution in [0, 0.1) is 19.8 Å². The smallest absolute Gasteiger partial charge is 0.238 e. The van der Waals surface area contributed by atoms with Crippen LogP contribution < -0.4 is 10.6 Å². The van der Waals surface area contributed by atoms with Gasteiger partial charge in [0.15, 0.2) is 0 Å². The van der Waals surface area contributed by atoms with Crippen LogP contribution in [0.3, 0.4) is 0 Å². The predicted molar refractivity (Wildman–Crippen MR) is 117 cm³/mol. The molecule has 0 bridgehead atoms. The molecule has 0 unspecified atom stereocenters. The number of hydrogen-bond acceptors (Lipinski definition) is 4. The minimum Gasteiger partial charge on any atom is -0.352 e. The van der Waals surface area contributed by atoms with E-state index in [-0.39, 0.29) is 11.8 Å². The zero-order valence-corrected chi connectivity index (χ0v) is 18.2. The number of anilines is 1. The molecule has 2 amide bonds. The zero-order valence-electron chi connectivity index (χ0n) is 18.2. The van der Waals surface area contributed by atoms with Gasteiger partial charge in [0.1, 0.15) is 0 Å². The number of nitrogens with zero attached hydrogens (tertiary/aromatic N) is 2. The van der Waals surface area contributed by atoms with Crippen molar-refractivity contribution in [3.8, 4) is 0 Å². The van der Waals surface area contributed by atoms with Crippen molar-refractivity contribution in [2.24, 2.45) is 5.92 Å². The van der Waals surface area contributed by atoms with E-state index in [1.807, 2.05) is 19.1 Å². The molecule has 2 atom stereocenters. The van der Waals surface area contributed by atoms with Gasteiger partial charge in [0.05, 0.1) is 13.1 Å². The van der Waals surface area contributed by atoms with E-state index in [0.717, 1.165) is 43.9 Å². The molecule has 2 aliphatic rings. The minimum atomic E-state index is 0.0242. The van der Waals surface area contributed by atoms with Crippen molar-refractivity contribution in [3.05, 3.63) is 29.3 Å². The fourth-order valence-corrected chi connectivity index (χ4v) is 4.37. The van der Waals surface area contributed by atoms with Crippen LogP contribution in [-0.2, 0) is 9.59 Å². The van der Waals surface area contributed by atoms with E-state index in [9.17, 15) is 9.59 Å². The summed E-state index contributed by atoms with van der Waals surface area (Å²) in [5.74, 6) is 0.751. The van der Waals surface area contributed by atoms with Gasteiger partial charge in [0.25, 0.3) is 0 Å². The SMILES string of the molecule is Cc1cccc(NC(=O)CN2CCN(CC(=O)N[C@@H]3CCCC[C@H]3C)CC2)c1C. The van der Waals surface area contributed by atoms with Crippen LogP contribution in [0.25, 0.3) is 0 Å². The molecule has 2 N–H and O–H groups in total. The molecule has 1 saturated carbocycles. The Bertz CT molecular complexity index is 713. The number of piperazine rings is 1. The quantitative estimate of drug-likeness (QED) is 0.770. The Hall–Kier alpha value is -1.92. The monoisotopic (exact) mass is 400 g/mol. The Kier molecular flexibility index (Phi) is 7.67. The third kappa shape index (κ3) is 6.28. The van der Waals surface area contributed by atoms with Crippen LogP contribution in [0.1, 0.15) is 43.7 Å². The molecule has 0 radical (unpaired) electrons. The molecule has 1 heterocycles. The third-order valence-electron chi connectivity index (χ3n) is 6.54. The molecular formula is C23H36N4O2. The van der Waals surface area contributed by atoms with Gasteiger partial charge in [-0.05, 0) is 49.8 Å². The summed E-state index contributed by atoms with van der Waals surface area (Å²) in [5.41, 5.74) is 3.18. The van der Waals surface area contributed by atoms with Gasteiger partial charge in [-0.2, -0.15) is 0 Å². The molecule has 2 fully saturated rings. The van der Waals surface area contributed by atoms with Crippen molar-refractivity contribution >= 4 is 17.5 Å². The van der Waals surface area contributed by atoms with Gasteiger partial charge in [0, 0.05) is 37.9 Å². The number of hydrogen-bond donors (Lipinski definition) is 2. The largest absolute Gasteiger partial charge is 0.352 e. The summed E-state index contributed by atoms with van der Waals surface area (Å²) in [4.78, 5) is 29.2. The van der Waals surface area contributed by atoms with Crippen molar-refractivity contribution in [1.82, 2.24) is 15.1 Å². The first-order chi connectivity index (χ1) is 13.9. The highest BCUT2D eigenvalue weighted by atomic mass is 16.2. The van der Waals surface area contributed by atoms with Crippen LogP contribution in [0.4, 0.5) is 5.69 Å². The van der Waals surface area contributed by atoms with Gasteiger partial charge in [-0.15, -0.1) is 0 Å². The third-order valence-corrected chi connectivity index (χ3v) is 6.54. The number of aryl methyl sites for hydroxylation is 1. The lowest BCUT2D eigenvalue weighted by Crippen LogP contribution is -2.52. The number of rotatable bonds is 6. The van der Waals surface area contributed by atoms with Crippen LogP contribution in [0.2, 0.25) is 0 Å². The van der Waals surface area contributed by atoms with Gasteiger partial charge in [-0.25, -0.2) is 0 Å². The summed E-state index contributed by atoms with van der Waals surface area (Å²) in [6.45, 7) is 10.5. The van der Waals surface area contributed by atoms with Crippen LogP contribution in [0.5, 0.6) is 0 Å². The van der Waals surface area contributed by atoms with Crippen molar-refractivity contribution in [2.75, 3.05) is 44.6 Å². The molecule has 0 spiro atoms. The zero-order chi connectivity index (χ0) is 20.8. The Morgan fingerprint density at radius 1 is 0.966 bits per heavy atom. The normalized spacial score (nSPS) is 23.6. The van der Waals surface area contributed by atoms with Gasteiger partial charge in [-0.3, -0.25) is 19.4 Å². The molecule has 160 valence electrons. The summed E-state index contributed by atoms with van der Waals surface area (Å²) in [5, 5.41) is 6.27. The number of amides is 2. The summed E-state index contributed by atoms with van der Waals surface area (Å²) < 4.78 is 0. The predicted octanol–water partition coefficient (Wildman–Crippen LogP) is 2.55. The highest BCUT2D eigenvalue weighted by Gasteiger charge is 2.25.